The third kappa shape index (κ3) is 3.37. The molecule has 0 saturated carbocycles. The van der Waals surface area contributed by atoms with Crippen molar-refractivity contribution in [1.82, 2.24) is 19.8 Å². The molecule has 2 rings (SSSR count). The molecule has 2 aromatic heterocycles. The third-order valence-electron chi connectivity index (χ3n) is 3.12. The van der Waals surface area contributed by atoms with E-state index in [1.54, 1.807) is 36.9 Å². The summed E-state index contributed by atoms with van der Waals surface area (Å²) in [7, 11) is -1.94. The zero-order valence-electron chi connectivity index (χ0n) is 12.6. The first kappa shape index (κ1) is 16.2. The maximum atomic E-state index is 12.1. The van der Waals surface area contributed by atoms with Crippen LogP contribution in [0.4, 0.5) is 0 Å². The summed E-state index contributed by atoms with van der Waals surface area (Å²) in [6.45, 7) is 3.34. The summed E-state index contributed by atoms with van der Waals surface area (Å²) in [5.74, 6) is -0.0260. The number of carbonyl (C=O) groups excluding carboxylic acids is 1. The summed E-state index contributed by atoms with van der Waals surface area (Å²) in [4.78, 5) is 11.9. The predicted octanol–water partition coefficient (Wildman–Crippen LogP) is 0.338. The summed E-state index contributed by atoms with van der Waals surface area (Å²) in [6, 6.07) is 3.44. The van der Waals surface area contributed by atoms with Crippen molar-refractivity contribution in [3.63, 3.8) is 0 Å². The fourth-order valence-corrected chi connectivity index (χ4v) is 3.44. The Balaban J connectivity index is 1.89. The van der Waals surface area contributed by atoms with Gasteiger partial charge in [0.15, 0.2) is 5.76 Å². The van der Waals surface area contributed by atoms with Gasteiger partial charge in [0.05, 0.1) is 0 Å². The Kier molecular flexibility index (Phi) is 4.67. The van der Waals surface area contributed by atoms with E-state index in [2.05, 4.69) is 15.2 Å². The second kappa shape index (κ2) is 6.32. The molecule has 8 nitrogen and oxygen atoms in total. The lowest BCUT2D eigenvalue weighted by Crippen LogP contribution is -2.35. The van der Waals surface area contributed by atoms with Crippen LogP contribution < -0.4 is 10.0 Å². The molecule has 0 radical (unpaired) electrons. The summed E-state index contributed by atoms with van der Waals surface area (Å²) in [6.07, 6.45) is 1.76. The molecule has 0 bridgehead atoms. The predicted molar refractivity (Wildman–Crippen MR) is 78.9 cm³/mol. The van der Waals surface area contributed by atoms with E-state index in [4.69, 9.17) is 4.52 Å². The van der Waals surface area contributed by atoms with Crippen LogP contribution in [0.3, 0.4) is 0 Å². The highest BCUT2D eigenvalue weighted by Crippen LogP contribution is 2.18. The first-order chi connectivity index (χ1) is 10.3. The minimum absolute atomic E-state index is 0.0428. The van der Waals surface area contributed by atoms with Gasteiger partial charge in [0, 0.05) is 26.3 Å². The SMILES string of the molecule is Cc1noc(C)c1S(=O)(=O)NCCNC(=O)c1cccn1C. The van der Waals surface area contributed by atoms with Crippen molar-refractivity contribution in [2.24, 2.45) is 7.05 Å². The summed E-state index contributed by atoms with van der Waals surface area (Å²) < 4.78 is 33.2. The highest BCUT2D eigenvalue weighted by atomic mass is 32.2. The number of carbonyl (C=O) groups is 1. The lowest BCUT2D eigenvalue weighted by Gasteiger charge is -2.08. The van der Waals surface area contributed by atoms with Crippen LogP contribution in [0, 0.1) is 13.8 Å². The van der Waals surface area contributed by atoms with Crippen LogP contribution in [-0.2, 0) is 17.1 Å². The molecule has 0 aliphatic carbocycles. The average molecular weight is 326 g/mol. The molecule has 120 valence electrons. The van der Waals surface area contributed by atoms with Crippen molar-refractivity contribution in [3.8, 4) is 0 Å². The number of sulfonamides is 1. The average Bonchev–Trinajstić information content (AvgIpc) is 3.01. The summed E-state index contributed by atoms with van der Waals surface area (Å²) in [5.41, 5.74) is 0.812. The molecule has 0 unspecified atom stereocenters. The maximum absolute atomic E-state index is 12.1. The molecule has 2 N–H and O–H groups in total. The van der Waals surface area contributed by atoms with Crippen LogP contribution in [0.1, 0.15) is 21.9 Å². The van der Waals surface area contributed by atoms with Gasteiger partial charge >= 0.3 is 0 Å². The zero-order chi connectivity index (χ0) is 16.3. The van der Waals surface area contributed by atoms with E-state index in [1.807, 2.05) is 0 Å². The molecule has 1 amide bonds. The molecule has 0 aliphatic heterocycles. The van der Waals surface area contributed by atoms with Crippen molar-refractivity contribution >= 4 is 15.9 Å². The molecule has 0 saturated heterocycles. The Hall–Kier alpha value is -2.13. The molecule has 22 heavy (non-hydrogen) atoms. The Bertz CT molecular complexity index is 756. The van der Waals surface area contributed by atoms with E-state index < -0.39 is 10.0 Å². The molecule has 0 aliphatic rings. The van der Waals surface area contributed by atoms with Gasteiger partial charge in [-0.2, -0.15) is 0 Å². The standard InChI is InChI=1S/C13H18N4O4S/c1-9-12(10(2)21-16-9)22(19,20)15-7-6-14-13(18)11-5-4-8-17(11)3/h4-5,8,15H,6-7H2,1-3H3,(H,14,18). The van der Waals surface area contributed by atoms with Crippen LogP contribution in [0.2, 0.25) is 0 Å². The topological polar surface area (TPSA) is 106 Å². The molecule has 2 heterocycles. The zero-order valence-corrected chi connectivity index (χ0v) is 13.4. The number of nitrogens with zero attached hydrogens (tertiary/aromatic N) is 2. The van der Waals surface area contributed by atoms with Crippen molar-refractivity contribution < 1.29 is 17.7 Å². The number of rotatable bonds is 6. The van der Waals surface area contributed by atoms with Gasteiger partial charge in [-0.25, -0.2) is 13.1 Å². The van der Waals surface area contributed by atoms with Crippen molar-refractivity contribution in [3.05, 3.63) is 35.5 Å². The van der Waals surface area contributed by atoms with Gasteiger partial charge in [-0.05, 0) is 26.0 Å². The van der Waals surface area contributed by atoms with Crippen LogP contribution >= 0.6 is 0 Å². The van der Waals surface area contributed by atoms with E-state index in [-0.39, 0.29) is 29.7 Å². The smallest absolute Gasteiger partial charge is 0.267 e. The molecule has 0 fully saturated rings. The minimum Gasteiger partial charge on any atom is -0.360 e. The third-order valence-corrected chi connectivity index (χ3v) is 4.82. The second-order valence-electron chi connectivity index (χ2n) is 4.81. The summed E-state index contributed by atoms with van der Waals surface area (Å²) >= 11 is 0. The van der Waals surface area contributed by atoms with Gasteiger partial charge in [0.2, 0.25) is 10.0 Å². The van der Waals surface area contributed by atoms with E-state index in [9.17, 15) is 13.2 Å². The van der Waals surface area contributed by atoms with Gasteiger partial charge < -0.3 is 14.4 Å². The Morgan fingerprint density at radius 2 is 2.09 bits per heavy atom. The van der Waals surface area contributed by atoms with Gasteiger partial charge in [0.25, 0.3) is 5.91 Å². The highest BCUT2D eigenvalue weighted by Gasteiger charge is 2.23. The minimum atomic E-state index is -3.70. The fourth-order valence-electron chi connectivity index (χ4n) is 2.08. The van der Waals surface area contributed by atoms with Crippen molar-refractivity contribution in [2.75, 3.05) is 13.1 Å². The van der Waals surface area contributed by atoms with Gasteiger partial charge in [-0.1, -0.05) is 5.16 Å². The normalized spacial score (nSPS) is 11.6. The first-order valence-electron chi connectivity index (χ1n) is 6.65. The van der Waals surface area contributed by atoms with E-state index in [1.165, 1.54) is 6.92 Å². The van der Waals surface area contributed by atoms with Gasteiger partial charge in [-0.3, -0.25) is 4.79 Å². The number of aromatic nitrogens is 2. The molecule has 0 aromatic carbocycles. The van der Waals surface area contributed by atoms with E-state index in [0.29, 0.717) is 11.4 Å². The molecular formula is C13H18N4O4S. The van der Waals surface area contributed by atoms with Crippen molar-refractivity contribution in [2.45, 2.75) is 18.7 Å². The van der Waals surface area contributed by atoms with E-state index in [0.717, 1.165) is 0 Å². The van der Waals surface area contributed by atoms with Crippen LogP contribution in [0.15, 0.2) is 27.7 Å². The Morgan fingerprint density at radius 1 is 1.36 bits per heavy atom. The molecule has 0 atom stereocenters. The Labute approximate surface area is 128 Å². The Morgan fingerprint density at radius 3 is 2.64 bits per heavy atom. The lowest BCUT2D eigenvalue weighted by molar-refractivity contribution is 0.0946. The van der Waals surface area contributed by atoms with Crippen LogP contribution in [-0.4, -0.2) is 37.1 Å². The number of aryl methyl sites for hydroxylation is 3. The molecule has 0 spiro atoms. The largest absolute Gasteiger partial charge is 0.360 e. The summed E-state index contributed by atoms with van der Waals surface area (Å²) in [5, 5.41) is 6.26. The number of amides is 1. The number of nitrogens with one attached hydrogen (secondary N) is 2. The monoisotopic (exact) mass is 326 g/mol. The van der Waals surface area contributed by atoms with Crippen LogP contribution in [0.5, 0.6) is 0 Å². The van der Waals surface area contributed by atoms with Gasteiger partial charge in [-0.15, -0.1) is 0 Å². The second-order valence-corrected chi connectivity index (χ2v) is 6.52. The number of hydrogen-bond acceptors (Lipinski definition) is 5. The molecular weight excluding hydrogens is 308 g/mol. The molecule has 2 aromatic rings. The quantitative estimate of drug-likeness (QED) is 0.745. The first-order valence-corrected chi connectivity index (χ1v) is 8.13. The fraction of sp³-hybridized carbons (Fsp3) is 0.385. The van der Waals surface area contributed by atoms with Crippen molar-refractivity contribution in [1.29, 1.82) is 0 Å². The van der Waals surface area contributed by atoms with Crippen LogP contribution in [0.25, 0.3) is 0 Å². The molecule has 9 heteroatoms. The highest BCUT2D eigenvalue weighted by molar-refractivity contribution is 7.89. The van der Waals surface area contributed by atoms with Gasteiger partial charge in [0.1, 0.15) is 16.3 Å². The van der Waals surface area contributed by atoms with E-state index >= 15 is 0 Å². The maximum Gasteiger partial charge on any atom is 0.267 e. The lowest BCUT2D eigenvalue weighted by atomic mass is 10.4. The number of hydrogen-bond donors (Lipinski definition) is 2.